The molecule has 2 unspecified atom stereocenters. The highest BCUT2D eigenvalue weighted by atomic mass is 32.1. The molecule has 1 N–H and O–H groups in total. The first kappa shape index (κ1) is 16.5. The Morgan fingerprint density at radius 2 is 2.12 bits per heavy atom. The highest BCUT2D eigenvalue weighted by molar-refractivity contribution is 7.08. The summed E-state index contributed by atoms with van der Waals surface area (Å²) >= 11 is 1.55. The van der Waals surface area contributed by atoms with Gasteiger partial charge in [0.05, 0.1) is 6.04 Å². The highest BCUT2D eigenvalue weighted by Gasteiger charge is 2.36. The molecule has 0 spiro atoms. The number of hydrogen-bond acceptors (Lipinski definition) is 4. The number of hydrogen-bond donors (Lipinski definition) is 1. The molecule has 2 aromatic rings. The van der Waals surface area contributed by atoms with Gasteiger partial charge in [-0.05, 0) is 71.9 Å². The van der Waals surface area contributed by atoms with E-state index in [1.165, 1.54) is 12.1 Å². The first-order valence-electron chi connectivity index (χ1n) is 8.66. The summed E-state index contributed by atoms with van der Waals surface area (Å²) in [5, 5.41) is 6.84. The maximum absolute atomic E-state index is 13.6. The SMILES string of the molecule is O=C(NC(c1ccsc1)c1cccc(F)c1)OC1CN2CCC1CC2. The number of alkyl carbamates (subject to hydrolysis) is 1. The van der Waals surface area contributed by atoms with Crippen LogP contribution in [0.4, 0.5) is 9.18 Å². The Morgan fingerprint density at radius 1 is 1.28 bits per heavy atom. The molecule has 0 saturated carbocycles. The molecular formula is C19H21FN2O2S. The summed E-state index contributed by atoms with van der Waals surface area (Å²) in [7, 11) is 0. The van der Waals surface area contributed by atoms with E-state index in [9.17, 15) is 9.18 Å². The Hall–Kier alpha value is -1.92. The molecule has 4 heterocycles. The van der Waals surface area contributed by atoms with E-state index in [2.05, 4.69) is 10.2 Å². The summed E-state index contributed by atoms with van der Waals surface area (Å²) < 4.78 is 19.4. The fourth-order valence-electron chi connectivity index (χ4n) is 3.82. The van der Waals surface area contributed by atoms with Crippen LogP contribution in [-0.2, 0) is 4.74 Å². The van der Waals surface area contributed by atoms with Crippen LogP contribution in [0.5, 0.6) is 0 Å². The highest BCUT2D eigenvalue weighted by Crippen LogP contribution is 2.30. The number of carbonyl (C=O) groups is 1. The van der Waals surface area contributed by atoms with Crippen molar-refractivity contribution in [1.29, 1.82) is 0 Å². The Kier molecular flexibility index (Phi) is 4.72. The maximum Gasteiger partial charge on any atom is 0.408 e. The maximum atomic E-state index is 13.6. The number of halogens is 1. The third-order valence-corrected chi connectivity index (χ3v) is 5.88. The second-order valence-electron chi connectivity index (χ2n) is 6.77. The van der Waals surface area contributed by atoms with Crippen LogP contribution in [-0.4, -0.2) is 36.7 Å². The van der Waals surface area contributed by atoms with Crippen LogP contribution in [0.3, 0.4) is 0 Å². The predicted molar refractivity (Wildman–Crippen MR) is 95.1 cm³/mol. The van der Waals surface area contributed by atoms with Gasteiger partial charge in [0.15, 0.2) is 0 Å². The molecule has 3 aliphatic heterocycles. The van der Waals surface area contributed by atoms with Gasteiger partial charge in [0.2, 0.25) is 0 Å². The number of ether oxygens (including phenoxy) is 1. The van der Waals surface area contributed by atoms with Crippen molar-refractivity contribution in [2.75, 3.05) is 19.6 Å². The van der Waals surface area contributed by atoms with Gasteiger partial charge in [-0.25, -0.2) is 9.18 Å². The van der Waals surface area contributed by atoms with E-state index in [-0.39, 0.29) is 11.9 Å². The molecule has 0 radical (unpaired) electrons. The lowest BCUT2D eigenvalue weighted by Gasteiger charge is -2.43. The van der Waals surface area contributed by atoms with E-state index in [0.717, 1.165) is 38.0 Å². The summed E-state index contributed by atoms with van der Waals surface area (Å²) in [4.78, 5) is 14.9. The van der Waals surface area contributed by atoms with Crippen LogP contribution >= 0.6 is 11.3 Å². The fraction of sp³-hybridized carbons (Fsp3) is 0.421. The number of thiophene rings is 1. The first-order chi connectivity index (χ1) is 12.2. The smallest absolute Gasteiger partial charge is 0.408 e. The number of amides is 1. The second kappa shape index (κ2) is 7.14. The van der Waals surface area contributed by atoms with Gasteiger partial charge < -0.3 is 10.1 Å². The number of nitrogens with zero attached hydrogens (tertiary/aromatic N) is 1. The monoisotopic (exact) mass is 360 g/mol. The number of nitrogens with one attached hydrogen (secondary N) is 1. The van der Waals surface area contributed by atoms with Gasteiger partial charge in [-0.1, -0.05) is 12.1 Å². The summed E-state index contributed by atoms with van der Waals surface area (Å²) in [6.45, 7) is 3.03. The normalized spacial score (nSPS) is 26.2. The lowest BCUT2D eigenvalue weighted by Crippen LogP contribution is -2.52. The largest absolute Gasteiger partial charge is 0.445 e. The molecular weight excluding hydrogens is 339 g/mol. The zero-order chi connectivity index (χ0) is 17.2. The van der Waals surface area contributed by atoms with Crippen molar-refractivity contribution in [1.82, 2.24) is 10.2 Å². The minimum absolute atomic E-state index is 0.0434. The van der Waals surface area contributed by atoms with E-state index in [0.29, 0.717) is 11.5 Å². The number of rotatable bonds is 4. The van der Waals surface area contributed by atoms with Crippen molar-refractivity contribution in [2.24, 2.45) is 5.92 Å². The zero-order valence-corrected chi connectivity index (χ0v) is 14.7. The molecule has 6 heteroatoms. The molecule has 3 fully saturated rings. The molecule has 3 saturated heterocycles. The Morgan fingerprint density at radius 3 is 2.76 bits per heavy atom. The van der Waals surface area contributed by atoms with E-state index in [1.54, 1.807) is 17.4 Å². The predicted octanol–water partition coefficient (Wildman–Crippen LogP) is 3.80. The van der Waals surface area contributed by atoms with Crippen LogP contribution in [0.15, 0.2) is 41.1 Å². The molecule has 1 amide bonds. The van der Waals surface area contributed by atoms with Gasteiger partial charge in [0, 0.05) is 6.54 Å². The number of carbonyl (C=O) groups excluding carboxylic acids is 1. The van der Waals surface area contributed by atoms with Crippen LogP contribution in [0.2, 0.25) is 0 Å². The quantitative estimate of drug-likeness (QED) is 0.902. The Bertz CT molecular complexity index is 729. The standard InChI is InChI=1S/C19H21FN2O2S/c20-16-3-1-2-14(10-16)18(15-6-9-25-12-15)21-19(23)24-17-11-22-7-4-13(17)5-8-22/h1-3,6,9-10,12-13,17-18H,4-5,7-8,11H2,(H,21,23). The van der Waals surface area contributed by atoms with Gasteiger partial charge in [-0.3, -0.25) is 4.90 Å². The minimum atomic E-state index is -0.431. The number of benzene rings is 1. The second-order valence-corrected chi connectivity index (χ2v) is 7.55. The van der Waals surface area contributed by atoms with Crippen LogP contribution < -0.4 is 5.32 Å². The topological polar surface area (TPSA) is 41.6 Å². The summed E-state index contributed by atoms with van der Waals surface area (Å²) in [5.74, 6) is 0.148. The average molecular weight is 360 g/mol. The Balaban J connectivity index is 1.48. The zero-order valence-electron chi connectivity index (χ0n) is 13.9. The Labute approximate surface area is 150 Å². The van der Waals surface area contributed by atoms with Crippen molar-refractivity contribution in [3.8, 4) is 0 Å². The van der Waals surface area contributed by atoms with Crippen molar-refractivity contribution in [3.63, 3.8) is 0 Å². The van der Waals surface area contributed by atoms with Crippen LogP contribution in [0, 0.1) is 11.7 Å². The molecule has 2 atom stereocenters. The van der Waals surface area contributed by atoms with Gasteiger partial charge in [0.1, 0.15) is 11.9 Å². The van der Waals surface area contributed by atoms with Gasteiger partial charge in [0.25, 0.3) is 0 Å². The van der Waals surface area contributed by atoms with E-state index < -0.39 is 12.1 Å². The van der Waals surface area contributed by atoms with Crippen molar-refractivity contribution < 1.29 is 13.9 Å². The molecule has 2 bridgehead atoms. The minimum Gasteiger partial charge on any atom is -0.445 e. The molecule has 25 heavy (non-hydrogen) atoms. The van der Waals surface area contributed by atoms with Crippen molar-refractivity contribution >= 4 is 17.4 Å². The van der Waals surface area contributed by atoms with E-state index in [1.807, 2.05) is 22.9 Å². The third-order valence-electron chi connectivity index (χ3n) is 5.18. The van der Waals surface area contributed by atoms with Crippen LogP contribution in [0.25, 0.3) is 0 Å². The molecule has 1 aromatic carbocycles. The van der Waals surface area contributed by atoms with E-state index in [4.69, 9.17) is 4.74 Å². The average Bonchev–Trinajstić information content (AvgIpc) is 3.15. The van der Waals surface area contributed by atoms with Gasteiger partial charge in [-0.15, -0.1) is 0 Å². The molecule has 3 aliphatic rings. The van der Waals surface area contributed by atoms with Crippen molar-refractivity contribution in [2.45, 2.75) is 25.0 Å². The van der Waals surface area contributed by atoms with Crippen LogP contribution in [0.1, 0.15) is 30.0 Å². The lowest BCUT2D eigenvalue weighted by atomic mass is 9.86. The summed E-state index contributed by atoms with van der Waals surface area (Å²) in [5.41, 5.74) is 1.64. The lowest BCUT2D eigenvalue weighted by molar-refractivity contribution is -0.0336. The molecule has 132 valence electrons. The summed E-state index contributed by atoms with van der Waals surface area (Å²) in [6, 6.07) is 7.87. The van der Waals surface area contributed by atoms with Gasteiger partial charge >= 0.3 is 6.09 Å². The molecule has 0 aliphatic carbocycles. The van der Waals surface area contributed by atoms with Crippen molar-refractivity contribution in [3.05, 3.63) is 58.0 Å². The first-order valence-corrected chi connectivity index (χ1v) is 9.60. The molecule has 4 nitrogen and oxygen atoms in total. The van der Waals surface area contributed by atoms with Gasteiger partial charge in [-0.2, -0.15) is 11.3 Å². The van der Waals surface area contributed by atoms with E-state index >= 15 is 0 Å². The summed E-state index contributed by atoms with van der Waals surface area (Å²) in [6.07, 6.45) is 1.71. The third kappa shape index (κ3) is 3.70. The number of fused-ring (bicyclic) bond motifs is 3. The fourth-order valence-corrected chi connectivity index (χ4v) is 4.50. The number of piperidine rings is 3. The molecule has 1 aromatic heterocycles. The molecule has 5 rings (SSSR count).